The monoisotopic (exact) mass is 438 g/mol. The first-order valence-electron chi connectivity index (χ1n) is 8.47. The average molecular weight is 439 g/mol. The lowest BCUT2D eigenvalue weighted by molar-refractivity contribution is -0.135. The number of rotatable bonds is 3. The highest BCUT2D eigenvalue weighted by atomic mass is 79.9. The minimum atomic E-state index is -0.498. The molecular formula is C18H19BrN2O4S. The molecule has 138 valence electrons. The fraction of sp³-hybridized carbons (Fsp3) is 0.389. The quantitative estimate of drug-likeness (QED) is 0.729. The molecule has 2 fully saturated rings. The van der Waals surface area contributed by atoms with Gasteiger partial charge in [-0.25, -0.2) is 0 Å². The number of carbonyl (C=O) groups excluding carboxylic acids is 3. The van der Waals surface area contributed by atoms with E-state index in [-0.39, 0.29) is 23.1 Å². The van der Waals surface area contributed by atoms with Crippen LogP contribution in [0.5, 0.6) is 5.75 Å². The van der Waals surface area contributed by atoms with E-state index in [0.717, 1.165) is 46.8 Å². The van der Waals surface area contributed by atoms with E-state index in [1.165, 1.54) is 12.1 Å². The third-order valence-electron chi connectivity index (χ3n) is 4.40. The van der Waals surface area contributed by atoms with E-state index in [0.29, 0.717) is 18.7 Å². The van der Waals surface area contributed by atoms with E-state index in [4.69, 9.17) is 0 Å². The summed E-state index contributed by atoms with van der Waals surface area (Å²) in [7, 11) is 0. The van der Waals surface area contributed by atoms with Gasteiger partial charge in [0.15, 0.2) is 0 Å². The summed E-state index contributed by atoms with van der Waals surface area (Å²) in [5.41, 5.74) is 0.434. The van der Waals surface area contributed by atoms with Crippen LogP contribution in [0.25, 0.3) is 6.08 Å². The number of carbonyl (C=O) groups is 3. The smallest absolute Gasteiger partial charge is 0.294 e. The lowest BCUT2D eigenvalue weighted by atomic mass is 10.2. The molecule has 8 heteroatoms. The first-order chi connectivity index (χ1) is 12.5. The Balaban J connectivity index is 1.73. The van der Waals surface area contributed by atoms with Gasteiger partial charge in [0.1, 0.15) is 12.3 Å². The van der Waals surface area contributed by atoms with Gasteiger partial charge in [-0.15, -0.1) is 0 Å². The van der Waals surface area contributed by atoms with Gasteiger partial charge in [0.05, 0.1) is 4.91 Å². The van der Waals surface area contributed by atoms with Crippen LogP contribution in [0, 0.1) is 0 Å². The summed E-state index contributed by atoms with van der Waals surface area (Å²) in [5.74, 6) is -0.677. The summed E-state index contributed by atoms with van der Waals surface area (Å²) in [6.07, 6.45) is 5.58. The number of thioether (sulfide) groups is 1. The first kappa shape index (κ1) is 19.0. The molecule has 0 saturated carbocycles. The zero-order chi connectivity index (χ0) is 18.7. The predicted octanol–water partition coefficient (Wildman–Crippen LogP) is 3.59. The Labute approximate surface area is 164 Å². The molecule has 2 saturated heterocycles. The van der Waals surface area contributed by atoms with Crippen molar-refractivity contribution in [2.75, 3.05) is 19.6 Å². The lowest BCUT2D eigenvalue weighted by Crippen LogP contribution is -2.42. The van der Waals surface area contributed by atoms with Crippen molar-refractivity contribution in [3.63, 3.8) is 0 Å². The summed E-state index contributed by atoms with van der Waals surface area (Å²) in [6.45, 7) is 1.13. The van der Waals surface area contributed by atoms with Crippen LogP contribution in [0.1, 0.15) is 31.2 Å². The molecule has 6 nitrogen and oxygen atoms in total. The normalized spacial score (nSPS) is 20.0. The van der Waals surface area contributed by atoms with Crippen molar-refractivity contribution in [2.24, 2.45) is 0 Å². The van der Waals surface area contributed by atoms with Gasteiger partial charge >= 0.3 is 0 Å². The number of imide groups is 1. The number of phenolic OH excluding ortho intramolecular Hbond substituents is 1. The largest absolute Gasteiger partial charge is 0.507 e. The maximum Gasteiger partial charge on any atom is 0.294 e. The van der Waals surface area contributed by atoms with E-state index < -0.39 is 11.1 Å². The average Bonchev–Trinajstić information content (AvgIpc) is 2.82. The number of hydrogen-bond donors (Lipinski definition) is 1. The van der Waals surface area contributed by atoms with E-state index >= 15 is 0 Å². The molecular weight excluding hydrogens is 420 g/mol. The summed E-state index contributed by atoms with van der Waals surface area (Å²) in [6, 6.07) is 4.84. The summed E-state index contributed by atoms with van der Waals surface area (Å²) in [5, 5.41) is 9.45. The highest BCUT2D eigenvalue weighted by Crippen LogP contribution is 2.34. The zero-order valence-electron chi connectivity index (χ0n) is 14.1. The second-order valence-electron chi connectivity index (χ2n) is 6.27. The molecule has 1 N–H and O–H groups in total. The minimum Gasteiger partial charge on any atom is -0.507 e. The van der Waals surface area contributed by atoms with Gasteiger partial charge < -0.3 is 10.0 Å². The van der Waals surface area contributed by atoms with E-state index in [1.54, 1.807) is 17.0 Å². The van der Waals surface area contributed by atoms with Crippen molar-refractivity contribution >= 4 is 50.8 Å². The highest BCUT2D eigenvalue weighted by molar-refractivity contribution is 9.10. The third kappa shape index (κ3) is 4.29. The number of aromatic hydroxyl groups is 1. The van der Waals surface area contributed by atoms with Crippen LogP contribution >= 0.6 is 27.7 Å². The van der Waals surface area contributed by atoms with E-state index in [9.17, 15) is 19.5 Å². The Hall–Kier alpha value is -1.80. The first-order valence-corrected chi connectivity index (χ1v) is 10.1. The molecule has 2 aliphatic rings. The number of halogens is 1. The number of nitrogens with zero attached hydrogens (tertiary/aromatic N) is 2. The van der Waals surface area contributed by atoms with Gasteiger partial charge in [0, 0.05) is 23.1 Å². The van der Waals surface area contributed by atoms with Crippen molar-refractivity contribution in [3.05, 3.63) is 33.1 Å². The molecule has 3 amide bonds. The fourth-order valence-corrected chi connectivity index (χ4v) is 4.18. The number of likely N-dealkylation sites (tertiary alicyclic amines) is 1. The molecule has 3 rings (SSSR count). The maximum absolute atomic E-state index is 12.6. The Morgan fingerprint density at radius 1 is 1.19 bits per heavy atom. The predicted molar refractivity (Wildman–Crippen MR) is 104 cm³/mol. The molecule has 0 unspecified atom stereocenters. The van der Waals surface area contributed by atoms with Gasteiger partial charge in [-0.1, -0.05) is 28.8 Å². The molecule has 0 atom stereocenters. The Morgan fingerprint density at radius 2 is 1.88 bits per heavy atom. The van der Waals surface area contributed by atoms with Crippen LogP contribution in [0.4, 0.5) is 4.79 Å². The molecule has 0 aromatic heterocycles. The lowest BCUT2D eigenvalue weighted by Gasteiger charge is -2.22. The van der Waals surface area contributed by atoms with Gasteiger partial charge in [-0.2, -0.15) is 0 Å². The number of phenols is 1. The van der Waals surface area contributed by atoms with Crippen molar-refractivity contribution in [2.45, 2.75) is 25.7 Å². The highest BCUT2D eigenvalue weighted by Gasteiger charge is 2.37. The van der Waals surface area contributed by atoms with Crippen LogP contribution in [-0.4, -0.2) is 51.6 Å². The third-order valence-corrected chi connectivity index (χ3v) is 5.80. The molecule has 0 bridgehead atoms. The van der Waals surface area contributed by atoms with Gasteiger partial charge in [-0.05, 0) is 48.9 Å². The SMILES string of the molecule is O=C(CN1C(=O)SC(=Cc2cc(Br)ccc2O)C1=O)N1CCCCCC1. The minimum absolute atomic E-state index is 0.0145. The molecule has 2 aliphatic heterocycles. The Bertz CT molecular complexity index is 772. The molecule has 2 heterocycles. The number of hydrogen-bond acceptors (Lipinski definition) is 5. The summed E-state index contributed by atoms with van der Waals surface area (Å²) >= 11 is 4.09. The van der Waals surface area contributed by atoms with Crippen LogP contribution in [0.15, 0.2) is 27.6 Å². The van der Waals surface area contributed by atoms with Crippen molar-refractivity contribution in [1.82, 2.24) is 9.80 Å². The Kier molecular flexibility index (Phi) is 6.03. The van der Waals surface area contributed by atoms with Gasteiger partial charge in [0.2, 0.25) is 5.91 Å². The standard InChI is InChI=1S/C18H19BrN2O4S/c19-13-5-6-14(22)12(9-13)10-15-17(24)21(18(25)26-15)11-16(23)20-7-3-1-2-4-8-20/h5-6,9-10,22H,1-4,7-8,11H2. The van der Waals surface area contributed by atoms with Crippen LogP contribution in [0.2, 0.25) is 0 Å². The molecule has 1 aromatic rings. The summed E-state index contributed by atoms with van der Waals surface area (Å²) < 4.78 is 0.747. The molecule has 0 radical (unpaired) electrons. The van der Waals surface area contributed by atoms with Gasteiger partial charge in [0.25, 0.3) is 11.1 Å². The molecule has 0 spiro atoms. The van der Waals surface area contributed by atoms with Gasteiger partial charge in [-0.3, -0.25) is 19.3 Å². The van der Waals surface area contributed by atoms with Crippen molar-refractivity contribution in [3.8, 4) is 5.75 Å². The Morgan fingerprint density at radius 3 is 2.58 bits per heavy atom. The molecule has 26 heavy (non-hydrogen) atoms. The maximum atomic E-state index is 12.6. The van der Waals surface area contributed by atoms with E-state index in [1.807, 2.05) is 0 Å². The van der Waals surface area contributed by atoms with Crippen molar-refractivity contribution in [1.29, 1.82) is 0 Å². The van der Waals surface area contributed by atoms with Crippen LogP contribution < -0.4 is 0 Å². The second-order valence-corrected chi connectivity index (χ2v) is 8.17. The molecule has 0 aliphatic carbocycles. The van der Waals surface area contributed by atoms with Crippen LogP contribution in [-0.2, 0) is 9.59 Å². The van der Waals surface area contributed by atoms with Crippen molar-refractivity contribution < 1.29 is 19.5 Å². The second kappa shape index (κ2) is 8.26. The zero-order valence-corrected chi connectivity index (χ0v) is 16.5. The number of benzene rings is 1. The molecule has 1 aromatic carbocycles. The summed E-state index contributed by atoms with van der Waals surface area (Å²) in [4.78, 5) is 40.2. The number of amides is 3. The van der Waals surface area contributed by atoms with Crippen LogP contribution in [0.3, 0.4) is 0 Å². The topological polar surface area (TPSA) is 77.9 Å². The fourth-order valence-electron chi connectivity index (χ4n) is 2.97. The van der Waals surface area contributed by atoms with E-state index in [2.05, 4.69) is 15.9 Å².